The SMILES string of the molecule is Cc1cncc(COc2cccc(C#CCCO)c2)c1. The number of benzene rings is 1. The molecule has 20 heavy (non-hydrogen) atoms. The fraction of sp³-hybridized carbons (Fsp3) is 0.235. The standard InChI is InChI=1S/C17H17NO2/c1-14-9-16(12-18-11-14)13-20-17-7-4-6-15(10-17)5-2-3-8-19/h4,6-7,9-12,19H,3,8,13H2,1H3. The molecule has 2 rings (SSSR count). The highest BCUT2D eigenvalue weighted by Crippen LogP contribution is 2.14. The fourth-order valence-corrected chi connectivity index (χ4v) is 1.75. The monoisotopic (exact) mass is 267 g/mol. The summed E-state index contributed by atoms with van der Waals surface area (Å²) in [6.07, 6.45) is 4.11. The van der Waals surface area contributed by atoms with E-state index in [2.05, 4.69) is 22.9 Å². The molecule has 1 aromatic heterocycles. The normalized spacial score (nSPS) is 9.70. The topological polar surface area (TPSA) is 42.4 Å². The first-order chi connectivity index (χ1) is 9.78. The summed E-state index contributed by atoms with van der Waals surface area (Å²) >= 11 is 0. The molecule has 0 saturated carbocycles. The minimum Gasteiger partial charge on any atom is -0.489 e. The zero-order valence-corrected chi connectivity index (χ0v) is 11.5. The first-order valence-corrected chi connectivity index (χ1v) is 6.51. The first-order valence-electron chi connectivity index (χ1n) is 6.51. The van der Waals surface area contributed by atoms with Gasteiger partial charge in [0.05, 0.1) is 6.61 Å². The lowest BCUT2D eigenvalue weighted by Gasteiger charge is -2.06. The number of aliphatic hydroxyl groups is 1. The molecule has 0 aliphatic rings. The molecule has 2 aromatic rings. The average Bonchev–Trinajstić information content (AvgIpc) is 2.46. The van der Waals surface area contributed by atoms with Crippen molar-refractivity contribution in [3.05, 3.63) is 59.4 Å². The second kappa shape index (κ2) is 7.32. The van der Waals surface area contributed by atoms with Gasteiger partial charge in [-0.25, -0.2) is 0 Å². The summed E-state index contributed by atoms with van der Waals surface area (Å²) in [5.74, 6) is 6.67. The summed E-state index contributed by atoms with van der Waals surface area (Å²) in [7, 11) is 0. The van der Waals surface area contributed by atoms with Crippen LogP contribution in [0.3, 0.4) is 0 Å². The molecule has 0 radical (unpaired) electrons. The molecule has 0 atom stereocenters. The maximum absolute atomic E-state index is 8.70. The first kappa shape index (κ1) is 14.1. The molecule has 0 aliphatic carbocycles. The number of hydrogen-bond acceptors (Lipinski definition) is 3. The van der Waals surface area contributed by atoms with E-state index in [-0.39, 0.29) is 6.61 Å². The van der Waals surface area contributed by atoms with Gasteiger partial charge in [0.2, 0.25) is 0 Å². The highest BCUT2D eigenvalue weighted by Gasteiger charge is 1.98. The molecule has 1 aromatic carbocycles. The number of aryl methyl sites for hydroxylation is 1. The fourth-order valence-electron chi connectivity index (χ4n) is 1.75. The highest BCUT2D eigenvalue weighted by molar-refractivity contribution is 5.39. The van der Waals surface area contributed by atoms with E-state index < -0.39 is 0 Å². The van der Waals surface area contributed by atoms with E-state index >= 15 is 0 Å². The number of pyridine rings is 1. The van der Waals surface area contributed by atoms with Crippen LogP contribution in [-0.4, -0.2) is 16.7 Å². The largest absolute Gasteiger partial charge is 0.489 e. The number of hydrogen-bond donors (Lipinski definition) is 1. The molecule has 0 spiro atoms. The van der Waals surface area contributed by atoms with Gasteiger partial charge in [-0.05, 0) is 36.8 Å². The highest BCUT2D eigenvalue weighted by atomic mass is 16.5. The van der Waals surface area contributed by atoms with Crippen molar-refractivity contribution in [1.29, 1.82) is 0 Å². The molecule has 3 heteroatoms. The quantitative estimate of drug-likeness (QED) is 0.866. The Morgan fingerprint density at radius 1 is 1.25 bits per heavy atom. The average molecular weight is 267 g/mol. The number of aliphatic hydroxyl groups excluding tert-OH is 1. The van der Waals surface area contributed by atoms with Gasteiger partial charge in [-0.3, -0.25) is 4.98 Å². The second-order valence-electron chi connectivity index (χ2n) is 4.46. The number of aromatic nitrogens is 1. The molecule has 0 amide bonds. The van der Waals surface area contributed by atoms with Gasteiger partial charge < -0.3 is 9.84 Å². The molecule has 0 fully saturated rings. The number of ether oxygens (including phenoxy) is 1. The van der Waals surface area contributed by atoms with Crippen LogP contribution in [0.15, 0.2) is 42.7 Å². The zero-order valence-electron chi connectivity index (χ0n) is 11.5. The van der Waals surface area contributed by atoms with Crippen LogP contribution in [0.4, 0.5) is 0 Å². The molecule has 1 heterocycles. The van der Waals surface area contributed by atoms with Gasteiger partial charge in [0, 0.05) is 29.9 Å². The van der Waals surface area contributed by atoms with Crippen LogP contribution in [-0.2, 0) is 6.61 Å². The van der Waals surface area contributed by atoms with Crippen LogP contribution in [0.2, 0.25) is 0 Å². The Hall–Kier alpha value is -2.31. The van der Waals surface area contributed by atoms with E-state index in [1.807, 2.05) is 37.4 Å². The van der Waals surface area contributed by atoms with Crippen LogP contribution in [0, 0.1) is 18.8 Å². The van der Waals surface area contributed by atoms with Crippen LogP contribution >= 0.6 is 0 Å². The van der Waals surface area contributed by atoms with Crippen LogP contribution < -0.4 is 4.74 Å². The molecule has 0 aliphatic heterocycles. The molecular weight excluding hydrogens is 250 g/mol. The molecule has 0 saturated heterocycles. The maximum Gasteiger partial charge on any atom is 0.121 e. The lowest BCUT2D eigenvalue weighted by Crippen LogP contribution is -1.96. The second-order valence-corrected chi connectivity index (χ2v) is 4.46. The van der Waals surface area contributed by atoms with E-state index in [0.29, 0.717) is 13.0 Å². The van der Waals surface area contributed by atoms with Gasteiger partial charge in [0.25, 0.3) is 0 Å². The molecule has 102 valence electrons. The van der Waals surface area contributed by atoms with Crippen molar-refractivity contribution in [2.24, 2.45) is 0 Å². The summed E-state index contributed by atoms with van der Waals surface area (Å²) in [6.45, 7) is 2.58. The van der Waals surface area contributed by atoms with E-state index in [1.54, 1.807) is 6.20 Å². The van der Waals surface area contributed by atoms with Crippen molar-refractivity contribution in [3.8, 4) is 17.6 Å². The summed E-state index contributed by atoms with van der Waals surface area (Å²) in [5.41, 5.74) is 3.05. The summed E-state index contributed by atoms with van der Waals surface area (Å²) in [5, 5.41) is 8.70. The van der Waals surface area contributed by atoms with Crippen molar-refractivity contribution in [3.63, 3.8) is 0 Å². The van der Waals surface area contributed by atoms with Crippen molar-refractivity contribution in [2.45, 2.75) is 20.0 Å². The van der Waals surface area contributed by atoms with Crippen molar-refractivity contribution >= 4 is 0 Å². The minimum absolute atomic E-state index is 0.0869. The summed E-state index contributed by atoms with van der Waals surface area (Å²) in [6, 6.07) is 9.68. The van der Waals surface area contributed by atoms with Crippen LogP contribution in [0.25, 0.3) is 0 Å². The summed E-state index contributed by atoms with van der Waals surface area (Å²) in [4.78, 5) is 4.14. The summed E-state index contributed by atoms with van der Waals surface area (Å²) < 4.78 is 5.74. The predicted octanol–water partition coefficient (Wildman–Crippen LogP) is 2.70. The Balaban J connectivity index is 2.00. The smallest absolute Gasteiger partial charge is 0.121 e. The zero-order chi connectivity index (χ0) is 14.2. The molecule has 1 N–H and O–H groups in total. The van der Waals surface area contributed by atoms with E-state index in [0.717, 1.165) is 22.4 Å². The van der Waals surface area contributed by atoms with Gasteiger partial charge in [-0.2, -0.15) is 0 Å². The Kier molecular flexibility index (Phi) is 5.16. The molecule has 0 bridgehead atoms. The van der Waals surface area contributed by atoms with Crippen molar-refractivity contribution in [1.82, 2.24) is 4.98 Å². The Morgan fingerprint density at radius 3 is 2.95 bits per heavy atom. The van der Waals surface area contributed by atoms with Gasteiger partial charge >= 0.3 is 0 Å². The lowest BCUT2D eigenvalue weighted by molar-refractivity contribution is 0.305. The van der Waals surface area contributed by atoms with Gasteiger partial charge in [-0.1, -0.05) is 17.9 Å². The Bertz CT molecular complexity index is 626. The minimum atomic E-state index is 0.0869. The number of rotatable bonds is 4. The van der Waals surface area contributed by atoms with E-state index in [9.17, 15) is 0 Å². The van der Waals surface area contributed by atoms with Crippen molar-refractivity contribution < 1.29 is 9.84 Å². The third kappa shape index (κ3) is 4.42. The molecule has 0 unspecified atom stereocenters. The predicted molar refractivity (Wildman–Crippen MR) is 78.3 cm³/mol. The van der Waals surface area contributed by atoms with Crippen LogP contribution in [0.1, 0.15) is 23.1 Å². The third-order valence-corrected chi connectivity index (χ3v) is 2.64. The Labute approximate surface area is 119 Å². The molecule has 3 nitrogen and oxygen atoms in total. The van der Waals surface area contributed by atoms with Gasteiger partial charge in [0.1, 0.15) is 12.4 Å². The Morgan fingerprint density at radius 2 is 2.15 bits per heavy atom. The van der Waals surface area contributed by atoms with E-state index in [1.165, 1.54) is 0 Å². The van der Waals surface area contributed by atoms with Crippen LogP contribution in [0.5, 0.6) is 5.75 Å². The van der Waals surface area contributed by atoms with Gasteiger partial charge in [-0.15, -0.1) is 0 Å². The van der Waals surface area contributed by atoms with Gasteiger partial charge in [0.15, 0.2) is 0 Å². The van der Waals surface area contributed by atoms with Crippen molar-refractivity contribution in [2.75, 3.05) is 6.61 Å². The maximum atomic E-state index is 8.70. The number of nitrogens with zero attached hydrogens (tertiary/aromatic N) is 1. The third-order valence-electron chi connectivity index (χ3n) is 2.64. The lowest BCUT2D eigenvalue weighted by atomic mass is 10.2. The van der Waals surface area contributed by atoms with E-state index in [4.69, 9.17) is 9.84 Å². The molecular formula is C17H17NO2.